The molecule has 1 aliphatic heterocycles. The van der Waals surface area contributed by atoms with Gasteiger partial charge in [0.2, 0.25) is 5.56 Å². The first-order valence-electron chi connectivity index (χ1n) is 7.52. The van der Waals surface area contributed by atoms with Gasteiger partial charge in [-0.25, -0.2) is 0 Å². The Labute approximate surface area is 124 Å². The van der Waals surface area contributed by atoms with Gasteiger partial charge in [-0.1, -0.05) is 6.42 Å². The van der Waals surface area contributed by atoms with E-state index >= 15 is 0 Å². The Bertz CT molecular complexity index is 495. The Balaban J connectivity index is 1.70. The fourth-order valence-electron chi connectivity index (χ4n) is 2.70. The molecule has 3 N–H and O–H groups in total. The first-order chi connectivity index (χ1) is 10.2. The Morgan fingerprint density at radius 3 is 3.00 bits per heavy atom. The summed E-state index contributed by atoms with van der Waals surface area (Å²) in [4.78, 5) is 27.6. The van der Waals surface area contributed by atoms with Gasteiger partial charge in [-0.3, -0.25) is 14.5 Å². The van der Waals surface area contributed by atoms with Crippen LogP contribution in [0.1, 0.15) is 36.0 Å². The number of carbonyl (C=O) groups is 1. The second-order valence-electron chi connectivity index (χ2n) is 5.42. The fraction of sp³-hybridized carbons (Fsp3) is 0.600. The maximum absolute atomic E-state index is 11.8. The van der Waals surface area contributed by atoms with Crippen molar-refractivity contribution in [2.24, 2.45) is 0 Å². The Kier molecular flexibility index (Phi) is 5.95. The molecular formula is C15H23N3O3. The van der Waals surface area contributed by atoms with Crippen LogP contribution in [-0.4, -0.2) is 53.2 Å². The summed E-state index contributed by atoms with van der Waals surface area (Å²) in [7, 11) is 0. The van der Waals surface area contributed by atoms with Gasteiger partial charge in [0, 0.05) is 31.4 Å². The predicted molar refractivity (Wildman–Crippen MR) is 80.3 cm³/mol. The topological polar surface area (TPSA) is 85.4 Å². The quantitative estimate of drug-likeness (QED) is 0.660. The molecule has 21 heavy (non-hydrogen) atoms. The van der Waals surface area contributed by atoms with Crippen molar-refractivity contribution in [1.29, 1.82) is 0 Å². The first-order valence-corrected chi connectivity index (χ1v) is 7.52. The van der Waals surface area contributed by atoms with E-state index in [1.807, 2.05) is 0 Å². The van der Waals surface area contributed by atoms with E-state index in [1.165, 1.54) is 31.2 Å². The zero-order valence-electron chi connectivity index (χ0n) is 12.2. The second-order valence-corrected chi connectivity index (χ2v) is 5.42. The highest BCUT2D eigenvalue weighted by Gasteiger charge is 2.20. The number of nitrogens with zero attached hydrogens (tertiary/aromatic N) is 1. The summed E-state index contributed by atoms with van der Waals surface area (Å²) < 4.78 is 0. The van der Waals surface area contributed by atoms with Crippen molar-refractivity contribution in [2.75, 3.05) is 26.2 Å². The predicted octanol–water partition coefficient (Wildman–Crippen LogP) is 0.342. The molecule has 1 aliphatic rings. The number of aromatic amines is 1. The van der Waals surface area contributed by atoms with Crippen LogP contribution in [-0.2, 0) is 0 Å². The number of aromatic nitrogens is 1. The van der Waals surface area contributed by atoms with Crippen LogP contribution >= 0.6 is 0 Å². The van der Waals surface area contributed by atoms with Crippen LogP contribution in [0.15, 0.2) is 23.1 Å². The summed E-state index contributed by atoms with van der Waals surface area (Å²) in [5.41, 5.74) is 0.243. The molecule has 6 nitrogen and oxygen atoms in total. The monoisotopic (exact) mass is 293 g/mol. The van der Waals surface area contributed by atoms with Crippen LogP contribution in [0.25, 0.3) is 0 Å². The van der Waals surface area contributed by atoms with Crippen molar-refractivity contribution >= 4 is 5.91 Å². The minimum absolute atomic E-state index is 0.177. The van der Waals surface area contributed by atoms with Crippen LogP contribution in [0.3, 0.4) is 0 Å². The van der Waals surface area contributed by atoms with E-state index in [1.54, 1.807) is 0 Å². The van der Waals surface area contributed by atoms with Crippen molar-refractivity contribution in [2.45, 2.75) is 31.7 Å². The molecule has 0 aromatic carbocycles. The number of aliphatic hydroxyl groups is 1. The van der Waals surface area contributed by atoms with Crippen molar-refractivity contribution in [3.05, 3.63) is 34.2 Å². The lowest BCUT2D eigenvalue weighted by molar-refractivity contribution is 0.0868. The van der Waals surface area contributed by atoms with Gasteiger partial charge in [-0.2, -0.15) is 0 Å². The number of pyridine rings is 1. The normalized spacial score (nSPS) is 19.4. The third-order valence-corrected chi connectivity index (χ3v) is 3.91. The zero-order valence-corrected chi connectivity index (χ0v) is 12.2. The van der Waals surface area contributed by atoms with Gasteiger partial charge in [-0.05, 0) is 31.9 Å². The number of rotatable bonds is 6. The minimum atomic E-state index is -0.216. The molecule has 1 saturated heterocycles. The summed E-state index contributed by atoms with van der Waals surface area (Å²) in [5, 5.41) is 12.2. The smallest absolute Gasteiger partial charge is 0.252 e. The van der Waals surface area contributed by atoms with Crippen molar-refractivity contribution in [1.82, 2.24) is 15.2 Å². The van der Waals surface area contributed by atoms with Gasteiger partial charge in [-0.15, -0.1) is 0 Å². The van der Waals surface area contributed by atoms with Crippen molar-refractivity contribution in [3.8, 4) is 0 Å². The Hall–Kier alpha value is -1.66. The Morgan fingerprint density at radius 1 is 1.43 bits per heavy atom. The number of aliphatic hydroxyl groups excluding tert-OH is 1. The molecule has 2 rings (SSSR count). The van der Waals surface area contributed by atoms with Crippen LogP contribution in [0, 0.1) is 0 Å². The van der Waals surface area contributed by atoms with E-state index in [9.17, 15) is 14.7 Å². The molecule has 0 spiro atoms. The molecule has 0 saturated carbocycles. The van der Waals surface area contributed by atoms with Crippen molar-refractivity contribution < 1.29 is 9.90 Å². The molecule has 6 heteroatoms. The third kappa shape index (κ3) is 4.68. The van der Waals surface area contributed by atoms with Gasteiger partial charge in [0.15, 0.2) is 0 Å². The minimum Gasteiger partial charge on any atom is -0.395 e. The molecule has 1 aromatic rings. The number of likely N-dealkylation sites (tertiary alicyclic amines) is 1. The molecule has 116 valence electrons. The summed E-state index contributed by atoms with van der Waals surface area (Å²) in [6.45, 7) is 2.71. The Morgan fingerprint density at radius 2 is 2.29 bits per heavy atom. The molecule has 0 unspecified atom stereocenters. The summed E-state index contributed by atoms with van der Waals surface area (Å²) in [6, 6.07) is 3.13. The standard InChI is InChI=1S/C15H23N3O3/c19-11-13-4-1-2-8-18(13)9-3-7-16-15(21)12-5-6-14(20)17-10-12/h5-6,10,13,19H,1-4,7-9,11H2,(H,16,21)(H,17,20)/t13-/m0/s1. The molecule has 0 aliphatic carbocycles. The van der Waals surface area contributed by atoms with Gasteiger partial charge in [0.05, 0.1) is 12.2 Å². The number of amides is 1. The molecular weight excluding hydrogens is 270 g/mol. The zero-order chi connectivity index (χ0) is 15.1. The SMILES string of the molecule is O=C(NCCCN1CCCC[C@H]1CO)c1ccc(=O)[nH]c1. The largest absolute Gasteiger partial charge is 0.395 e. The summed E-state index contributed by atoms with van der Waals surface area (Å²) >= 11 is 0. The van der Waals surface area contributed by atoms with Crippen LogP contribution in [0.5, 0.6) is 0 Å². The average molecular weight is 293 g/mol. The first kappa shape index (κ1) is 15.7. The number of carbonyl (C=O) groups excluding carboxylic acids is 1. The highest BCUT2D eigenvalue weighted by molar-refractivity contribution is 5.93. The van der Waals surface area contributed by atoms with E-state index < -0.39 is 0 Å². The van der Waals surface area contributed by atoms with Gasteiger partial charge in [0.1, 0.15) is 0 Å². The van der Waals surface area contributed by atoms with E-state index in [0.29, 0.717) is 12.1 Å². The van der Waals surface area contributed by atoms with E-state index in [2.05, 4.69) is 15.2 Å². The molecule has 1 aromatic heterocycles. The van der Waals surface area contributed by atoms with Crippen molar-refractivity contribution in [3.63, 3.8) is 0 Å². The number of piperidine rings is 1. The molecule has 0 radical (unpaired) electrons. The lowest BCUT2D eigenvalue weighted by Gasteiger charge is -2.34. The molecule has 1 fully saturated rings. The lowest BCUT2D eigenvalue weighted by Crippen LogP contribution is -2.43. The summed E-state index contributed by atoms with van der Waals surface area (Å²) in [6.07, 6.45) is 5.70. The van der Waals surface area contributed by atoms with E-state index in [0.717, 1.165) is 25.9 Å². The van der Waals surface area contributed by atoms with Crippen LogP contribution in [0.4, 0.5) is 0 Å². The second kappa shape index (κ2) is 7.95. The molecule has 2 heterocycles. The van der Waals surface area contributed by atoms with Gasteiger partial charge in [0.25, 0.3) is 5.91 Å². The molecule has 1 amide bonds. The maximum atomic E-state index is 11.8. The highest BCUT2D eigenvalue weighted by Crippen LogP contribution is 2.16. The number of H-pyrrole nitrogens is 1. The van der Waals surface area contributed by atoms with Gasteiger partial charge >= 0.3 is 0 Å². The highest BCUT2D eigenvalue weighted by atomic mass is 16.3. The third-order valence-electron chi connectivity index (χ3n) is 3.91. The summed E-state index contributed by atoms with van der Waals surface area (Å²) in [5.74, 6) is -0.177. The number of hydrogen-bond donors (Lipinski definition) is 3. The number of nitrogens with one attached hydrogen (secondary N) is 2. The fourth-order valence-corrected chi connectivity index (χ4v) is 2.70. The van der Waals surface area contributed by atoms with E-state index in [4.69, 9.17) is 0 Å². The van der Waals surface area contributed by atoms with Crippen LogP contribution < -0.4 is 10.9 Å². The maximum Gasteiger partial charge on any atom is 0.252 e. The lowest BCUT2D eigenvalue weighted by atomic mass is 10.0. The average Bonchev–Trinajstić information content (AvgIpc) is 2.52. The number of hydrogen-bond acceptors (Lipinski definition) is 4. The van der Waals surface area contributed by atoms with E-state index in [-0.39, 0.29) is 24.1 Å². The molecule has 1 atom stereocenters. The molecule has 0 bridgehead atoms. The van der Waals surface area contributed by atoms with Crippen LogP contribution in [0.2, 0.25) is 0 Å². The van der Waals surface area contributed by atoms with Gasteiger partial charge < -0.3 is 15.4 Å².